The van der Waals surface area contributed by atoms with E-state index >= 15 is 0 Å². The maximum absolute atomic E-state index is 12.5. The van der Waals surface area contributed by atoms with Gasteiger partial charge in [-0.15, -0.1) is 24.0 Å². The van der Waals surface area contributed by atoms with Crippen molar-refractivity contribution in [3.8, 4) is 0 Å². The zero-order chi connectivity index (χ0) is 21.7. The first-order chi connectivity index (χ1) is 13.5. The topological polar surface area (TPSA) is 86.7 Å². The number of rotatable bonds is 6. The number of pyridine rings is 1. The van der Waals surface area contributed by atoms with Gasteiger partial charge in [0.2, 0.25) is 0 Å². The van der Waals surface area contributed by atoms with Crippen LogP contribution >= 0.6 is 24.0 Å². The molecule has 0 spiro atoms. The molecule has 1 aliphatic heterocycles. The largest absolute Gasteiger partial charge is 0.417 e. The number of nitrogens with zero attached hydrogens (tertiary/aromatic N) is 3. The van der Waals surface area contributed by atoms with Crippen molar-refractivity contribution in [3.63, 3.8) is 0 Å². The van der Waals surface area contributed by atoms with Gasteiger partial charge in [-0.1, -0.05) is 0 Å². The number of alkyl halides is 3. The first kappa shape index (κ1) is 26.7. The highest BCUT2D eigenvalue weighted by molar-refractivity contribution is 14.0. The Morgan fingerprint density at radius 1 is 1.33 bits per heavy atom. The second kappa shape index (κ2) is 10.8. The highest BCUT2D eigenvalue weighted by Gasteiger charge is 2.40. The van der Waals surface area contributed by atoms with Gasteiger partial charge in [-0.2, -0.15) is 13.2 Å². The summed E-state index contributed by atoms with van der Waals surface area (Å²) in [7, 11) is -3.13. The second-order valence-corrected chi connectivity index (χ2v) is 10.2. The summed E-state index contributed by atoms with van der Waals surface area (Å²) in [5.41, 5.74) is -0.783. The van der Waals surface area contributed by atoms with E-state index in [1.54, 1.807) is 13.8 Å². The van der Waals surface area contributed by atoms with Crippen molar-refractivity contribution in [1.82, 2.24) is 15.2 Å². The molecule has 7 nitrogen and oxygen atoms in total. The first-order valence-corrected chi connectivity index (χ1v) is 11.1. The van der Waals surface area contributed by atoms with Crippen LogP contribution in [0.25, 0.3) is 0 Å². The van der Waals surface area contributed by atoms with Crippen molar-refractivity contribution in [1.29, 1.82) is 0 Å². The maximum atomic E-state index is 12.5. The fourth-order valence-electron chi connectivity index (χ4n) is 2.90. The number of hydrogen-bond donors (Lipinski definition) is 2. The van der Waals surface area contributed by atoms with Gasteiger partial charge >= 0.3 is 6.18 Å². The van der Waals surface area contributed by atoms with Crippen LogP contribution < -0.4 is 10.6 Å². The van der Waals surface area contributed by atoms with E-state index in [2.05, 4.69) is 20.6 Å². The van der Waals surface area contributed by atoms with E-state index in [0.717, 1.165) is 12.3 Å². The molecule has 1 aliphatic rings. The average Bonchev–Trinajstić information content (AvgIpc) is 2.62. The highest BCUT2D eigenvalue weighted by Crippen LogP contribution is 2.28. The summed E-state index contributed by atoms with van der Waals surface area (Å²) in [6, 6.07) is 2.29. The van der Waals surface area contributed by atoms with Gasteiger partial charge in [-0.25, -0.2) is 13.4 Å². The molecule has 2 heterocycles. The number of aromatic nitrogens is 1. The Labute approximate surface area is 192 Å². The molecule has 12 heteroatoms. The molecule has 0 radical (unpaired) electrons. The van der Waals surface area contributed by atoms with Gasteiger partial charge in [0.15, 0.2) is 15.8 Å². The zero-order valence-electron chi connectivity index (χ0n) is 17.3. The molecule has 1 saturated heterocycles. The van der Waals surface area contributed by atoms with Crippen LogP contribution in [-0.2, 0) is 16.0 Å². The van der Waals surface area contributed by atoms with Gasteiger partial charge in [0.1, 0.15) is 5.82 Å². The molecule has 0 bridgehead atoms. The third kappa shape index (κ3) is 7.13. The molecule has 0 saturated carbocycles. The number of halogens is 4. The van der Waals surface area contributed by atoms with Crippen molar-refractivity contribution in [3.05, 3.63) is 23.9 Å². The number of aliphatic imine (C=N–C) groups is 1. The van der Waals surface area contributed by atoms with E-state index in [0.29, 0.717) is 50.9 Å². The van der Waals surface area contributed by atoms with E-state index in [1.165, 1.54) is 6.07 Å². The second-order valence-electron chi connectivity index (χ2n) is 7.45. The summed E-state index contributed by atoms with van der Waals surface area (Å²) in [6.07, 6.45) is -2.95. The van der Waals surface area contributed by atoms with Crippen LogP contribution in [0, 0.1) is 0 Å². The standard InChI is InChI=1S/C18H28F3N5O2S.HI/c1-4-22-16(26-10-11-29(27,28)17(2,3)13-26)24-9-5-8-23-15-7-6-14(12-25-15)18(19,20)21;/h6-7,12H,4-5,8-11,13H2,1-3H3,(H,22,24)(H,23,25);1H. The average molecular weight is 563 g/mol. The summed E-state index contributed by atoms with van der Waals surface area (Å²) in [6.45, 7) is 7.80. The lowest BCUT2D eigenvalue weighted by Gasteiger charge is -2.39. The third-order valence-electron chi connectivity index (χ3n) is 4.67. The Bertz CT molecular complexity index is 814. The Hall–Kier alpha value is -1.31. The molecule has 0 amide bonds. The minimum absolute atomic E-state index is 0. The van der Waals surface area contributed by atoms with Gasteiger partial charge in [0.05, 0.1) is 16.1 Å². The smallest absolute Gasteiger partial charge is 0.370 e. The summed E-state index contributed by atoms with van der Waals surface area (Å²) in [5.74, 6) is 1.13. The summed E-state index contributed by atoms with van der Waals surface area (Å²) >= 11 is 0. The Balaban J connectivity index is 0.00000450. The van der Waals surface area contributed by atoms with Crippen LogP contribution in [0.1, 0.15) is 32.8 Å². The van der Waals surface area contributed by atoms with Crippen LogP contribution in [0.15, 0.2) is 23.3 Å². The van der Waals surface area contributed by atoms with Crippen molar-refractivity contribution < 1.29 is 21.6 Å². The van der Waals surface area contributed by atoms with Gasteiger partial charge in [-0.3, -0.25) is 4.99 Å². The maximum Gasteiger partial charge on any atom is 0.417 e. The van der Waals surface area contributed by atoms with Crippen molar-refractivity contribution in [2.75, 3.05) is 43.8 Å². The molecule has 0 aliphatic carbocycles. The molecule has 2 rings (SSSR count). The number of sulfone groups is 1. The van der Waals surface area contributed by atoms with Gasteiger partial charge in [0.25, 0.3) is 0 Å². The number of nitrogens with one attached hydrogen (secondary N) is 2. The Morgan fingerprint density at radius 2 is 2.03 bits per heavy atom. The third-order valence-corrected chi connectivity index (χ3v) is 7.20. The van der Waals surface area contributed by atoms with Gasteiger partial charge < -0.3 is 15.5 Å². The van der Waals surface area contributed by atoms with E-state index in [4.69, 9.17) is 0 Å². The minimum Gasteiger partial charge on any atom is -0.370 e. The first-order valence-electron chi connectivity index (χ1n) is 9.49. The quantitative estimate of drug-likeness (QED) is 0.240. The van der Waals surface area contributed by atoms with Crippen LogP contribution in [0.5, 0.6) is 0 Å². The van der Waals surface area contributed by atoms with Crippen LogP contribution in [0.4, 0.5) is 19.0 Å². The van der Waals surface area contributed by atoms with E-state index in [-0.39, 0.29) is 29.7 Å². The molecule has 30 heavy (non-hydrogen) atoms. The molecular weight excluding hydrogens is 534 g/mol. The molecule has 2 N–H and O–H groups in total. The summed E-state index contributed by atoms with van der Waals surface area (Å²) in [5, 5.41) is 6.16. The van der Waals surface area contributed by atoms with E-state index < -0.39 is 26.3 Å². The van der Waals surface area contributed by atoms with Crippen molar-refractivity contribution in [2.24, 2.45) is 4.99 Å². The fraction of sp³-hybridized carbons (Fsp3) is 0.667. The molecule has 1 aromatic rings. The van der Waals surface area contributed by atoms with Crippen LogP contribution in [0.3, 0.4) is 0 Å². The molecule has 1 fully saturated rings. The fourth-order valence-corrected chi connectivity index (χ4v) is 4.26. The van der Waals surface area contributed by atoms with Crippen molar-refractivity contribution >= 4 is 45.6 Å². The monoisotopic (exact) mass is 563 g/mol. The summed E-state index contributed by atoms with van der Waals surface area (Å²) < 4.78 is 61.1. The Kier molecular flexibility index (Phi) is 9.64. The predicted octanol–water partition coefficient (Wildman–Crippen LogP) is 2.99. The SMILES string of the molecule is CCNC(=NCCCNc1ccc(C(F)(F)F)cn1)N1CCS(=O)(=O)C(C)(C)C1.I. The molecule has 1 aromatic heterocycles. The lowest BCUT2D eigenvalue weighted by molar-refractivity contribution is -0.137. The van der Waals surface area contributed by atoms with Gasteiger partial charge in [-0.05, 0) is 39.3 Å². The molecule has 0 aromatic carbocycles. The van der Waals surface area contributed by atoms with Gasteiger partial charge in [0, 0.05) is 38.9 Å². The Morgan fingerprint density at radius 3 is 2.57 bits per heavy atom. The lowest BCUT2D eigenvalue weighted by atomic mass is 10.2. The molecular formula is C18H29F3IN5O2S. The number of guanidine groups is 1. The van der Waals surface area contributed by atoms with Crippen LogP contribution in [0.2, 0.25) is 0 Å². The molecule has 172 valence electrons. The highest BCUT2D eigenvalue weighted by atomic mass is 127. The van der Waals surface area contributed by atoms with E-state index in [9.17, 15) is 21.6 Å². The number of anilines is 1. The summed E-state index contributed by atoms with van der Waals surface area (Å²) in [4.78, 5) is 10.3. The van der Waals surface area contributed by atoms with E-state index in [1.807, 2.05) is 11.8 Å². The van der Waals surface area contributed by atoms with Crippen molar-refractivity contribution in [2.45, 2.75) is 38.1 Å². The molecule has 0 unspecified atom stereocenters. The zero-order valence-corrected chi connectivity index (χ0v) is 20.4. The normalized spacial score (nSPS) is 18.5. The predicted molar refractivity (Wildman–Crippen MR) is 123 cm³/mol. The molecule has 0 atom stereocenters. The van der Waals surface area contributed by atoms with Crippen LogP contribution in [-0.4, -0.2) is 67.5 Å². The lowest BCUT2D eigenvalue weighted by Crippen LogP contribution is -2.57. The minimum atomic E-state index is -4.40. The number of hydrogen-bond acceptors (Lipinski definition) is 5.